The van der Waals surface area contributed by atoms with Gasteiger partial charge < -0.3 is 5.32 Å². The number of rotatable bonds is 4. The number of nitrogens with one attached hydrogen (secondary N) is 1. The molecule has 0 fully saturated rings. The molecule has 2 aromatic rings. The van der Waals surface area contributed by atoms with Gasteiger partial charge in [0.1, 0.15) is 0 Å². The number of hydrogen-bond acceptors (Lipinski definition) is 1. The van der Waals surface area contributed by atoms with Gasteiger partial charge in [0.2, 0.25) is 0 Å². The standard InChI is InChI=1S/C17H19Cl2N/c1-11(2)12-7-9-13(10-8-12)17(20-3)14-5-4-6-15(18)16(14)19/h4-11,17,20H,1-3H3. The Morgan fingerprint density at radius 2 is 1.50 bits per heavy atom. The van der Waals surface area contributed by atoms with Crippen LogP contribution in [0.3, 0.4) is 0 Å². The van der Waals surface area contributed by atoms with Gasteiger partial charge in [0.25, 0.3) is 0 Å². The van der Waals surface area contributed by atoms with Crippen LogP contribution in [0.25, 0.3) is 0 Å². The Labute approximate surface area is 130 Å². The molecule has 0 spiro atoms. The summed E-state index contributed by atoms with van der Waals surface area (Å²) < 4.78 is 0. The lowest BCUT2D eigenvalue weighted by Gasteiger charge is -2.20. The molecule has 0 heterocycles. The molecule has 0 aromatic heterocycles. The van der Waals surface area contributed by atoms with E-state index in [1.165, 1.54) is 11.1 Å². The summed E-state index contributed by atoms with van der Waals surface area (Å²) >= 11 is 12.4. The topological polar surface area (TPSA) is 12.0 Å². The Kier molecular flexibility index (Phi) is 5.09. The van der Waals surface area contributed by atoms with Crippen LogP contribution in [0.15, 0.2) is 42.5 Å². The minimum atomic E-state index is 0.0439. The van der Waals surface area contributed by atoms with Crippen LogP contribution in [-0.2, 0) is 0 Å². The van der Waals surface area contributed by atoms with Crippen molar-refractivity contribution in [3.8, 4) is 0 Å². The van der Waals surface area contributed by atoms with Gasteiger partial charge >= 0.3 is 0 Å². The molecule has 1 N–H and O–H groups in total. The monoisotopic (exact) mass is 307 g/mol. The van der Waals surface area contributed by atoms with Crippen molar-refractivity contribution in [1.82, 2.24) is 5.32 Å². The van der Waals surface area contributed by atoms with E-state index < -0.39 is 0 Å². The molecular formula is C17H19Cl2N. The normalized spacial score (nSPS) is 12.7. The predicted octanol–water partition coefficient (Wildman–Crippen LogP) is 5.43. The number of benzene rings is 2. The highest BCUT2D eigenvalue weighted by atomic mass is 35.5. The molecule has 0 bridgehead atoms. The Bertz CT molecular complexity index is 576. The van der Waals surface area contributed by atoms with Crippen LogP contribution in [0.1, 0.15) is 42.5 Å². The van der Waals surface area contributed by atoms with Gasteiger partial charge in [-0.3, -0.25) is 0 Å². The zero-order valence-corrected chi connectivity index (χ0v) is 13.5. The third-order valence-electron chi connectivity index (χ3n) is 3.52. The van der Waals surface area contributed by atoms with E-state index in [4.69, 9.17) is 23.2 Å². The van der Waals surface area contributed by atoms with Crippen molar-refractivity contribution in [2.75, 3.05) is 7.05 Å². The zero-order chi connectivity index (χ0) is 14.7. The van der Waals surface area contributed by atoms with E-state index in [-0.39, 0.29) is 6.04 Å². The first kappa shape index (κ1) is 15.4. The summed E-state index contributed by atoms with van der Waals surface area (Å²) in [5.74, 6) is 0.534. The largest absolute Gasteiger partial charge is 0.309 e. The molecular weight excluding hydrogens is 289 g/mol. The SMILES string of the molecule is CNC(c1ccc(C(C)C)cc1)c1cccc(Cl)c1Cl. The molecule has 2 aromatic carbocycles. The molecule has 0 aliphatic carbocycles. The van der Waals surface area contributed by atoms with Crippen molar-refractivity contribution in [2.24, 2.45) is 0 Å². The zero-order valence-electron chi connectivity index (χ0n) is 12.0. The molecule has 0 saturated heterocycles. The molecule has 1 unspecified atom stereocenters. The quantitative estimate of drug-likeness (QED) is 0.794. The van der Waals surface area contributed by atoms with Gasteiger partial charge in [0.05, 0.1) is 16.1 Å². The maximum Gasteiger partial charge on any atom is 0.0643 e. The van der Waals surface area contributed by atoms with Gasteiger partial charge in [-0.2, -0.15) is 0 Å². The van der Waals surface area contributed by atoms with Crippen LogP contribution in [-0.4, -0.2) is 7.05 Å². The Morgan fingerprint density at radius 3 is 2.05 bits per heavy atom. The van der Waals surface area contributed by atoms with Crippen LogP contribution in [0.4, 0.5) is 0 Å². The van der Waals surface area contributed by atoms with Crippen LogP contribution in [0.2, 0.25) is 10.0 Å². The Balaban J connectivity index is 2.39. The first-order chi connectivity index (χ1) is 9.54. The number of hydrogen-bond donors (Lipinski definition) is 1. The second-order valence-electron chi connectivity index (χ2n) is 5.19. The summed E-state index contributed by atoms with van der Waals surface area (Å²) in [5.41, 5.74) is 3.51. The maximum absolute atomic E-state index is 6.33. The Hall–Kier alpha value is -1.02. The fraction of sp³-hybridized carbons (Fsp3) is 0.294. The fourth-order valence-corrected chi connectivity index (χ4v) is 2.74. The summed E-state index contributed by atoms with van der Waals surface area (Å²) in [6.07, 6.45) is 0. The molecule has 1 nitrogen and oxygen atoms in total. The lowest BCUT2D eigenvalue weighted by molar-refractivity contribution is 0.691. The molecule has 0 aliphatic rings. The number of halogens is 2. The van der Waals surface area contributed by atoms with Crippen molar-refractivity contribution >= 4 is 23.2 Å². The fourth-order valence-electron chi connectivity index (χ4n) is 2.32. The van der Waals surface area contributed by atoms with Gasteiger partial charge in [-0.1, -0.05) is 73.4 Å². The molecule has 106 valence electrons. The molecule has 0 aliphatic heterocycles. The molecule has 2 rings (SSSR count). The molecule has 0 radical (unpaired) electrons. The van der Waals surface area contributed by atoms with Gasteiger partial charge in [0.15, 0.2) is 0 Å². The summed E-state index contributed by atoms with van der Waals surface area (Å²) in [5, 5.41) is 4.51. The predicted molar refractivity (Wildman–Crippen MR) is 87.9 cm³/mol. The van der Waals surface area contributed by atoms with Crippen LogP contribution < -0.4 is 5.32 Å². The van der Waals surface area contributed by atoms with Crippen molar-refractivity contribution < 1.29 is 0 Å². The summed E-state index contributed by atoms with van der Waals surface area (Å²) in [6, 6.07) is 14.4. The first-order valence-electron chi connectivity index (χ1n) is 6.75. The second-order valence-corrected chi connectivity index (χ2v) is 5.97. The minimum absolute atomic E-state index is 0.0439. The van der Waals surface area contributed by atoms with Crippen molar-refractivity contribution in [1.29, 1.82) is 0 Å². The van der Waals surface area contributed by atoms with Crippen molar-refractivity contribution in [3.05, 3.63) is 69.2 Å². The van der Waals surface area contributed by atoms with Crippen molar-refractivity contribution in [3.63, 3.8) is 0 Å². The van der Waals surface area contributed by atoms with E-state index in [9.17, 15) is 0 Å². The molecule has 1 atom stereocenters. The van der Waals surface area contributed by atoms with Crippen LogP contribution in [0.5, 0.6) is 0 Å². The first-order valence-corrected chi connectivity index (χ1v) is 7.51. The molecule has 20 heavy (non-hydrogen) atoms. The highest BCUT2D eigenvalue weighted by Gasteiger charge is 2.16. The van der Waals surface area contributed by atoms with E-state index in [1.54, 1.807) is 0 Å². The highest BCUT2D eigenvalue weighted by molar-refractivity contribution is 6.42. The van der Waals surface area contributed by atoms with E-state index in [0.717, 1.165) is 5.56 Å². The smallest absolute Gasteiger partial charge is 0.0643 e. The maximum atomic E-state index is 6.33. The molecule has 0 amide bonds. The second kappa shape index (κ2) is 6.62. The minimum Gasteiger partial charge on any atom is -0.309 e. The van der Waals surface area contributed by atoms with Gasteiger partial charge in [0, 0.05) is 0 Å². The van der Waals surface area contributed by atoms with Crippen LogP contribution >= 0.6 is 23.2 Å². The third-order valence-corrected chi connectivity index (χ3v) is 4.35. The van der Waals surface area contributed by atoms with E-state index >= 15 is 0 Å². The van der Waals surface area contributed by atoms with Crippen molar-refractivity contribution in [2.45, 2.75) is 25.8 Å². The van der Waals surface area contributed by atoms with E-state index in [0.29, 0.717) is 16.0 Å². The average Bonchev–Trinajstić information content (AvgIpc) is 2.45. The lowest BCUT2D eigenvalue weighted by Crippen LogP contribution is -2.18. The van der Waals surface area contributed by atoms with E-state index in [1.807, 2.05) is 25.2 Å². The summed E-state index contributed by atoms with van der Waals surface area (Å²) in [7, 11) is 1.93. The third kappa shape index (κ3) is 3.17. The lowest BCUT2D eigenvalue weighted by atomic mass is 9.95. The van der Waals surface area contributed by atoms with E-state index in [2.05, 4.69) is 43.4 Å². The van der Waals surface area contributed by atoms with Gasteiger partial charge in [-0.05, 0) is 35.7 Å². The summed E-state index contributed by atoms with van der Waals surface area (Å²) in [6.45, 7) is 4.39. The van der Waals surface area contributed by atoms with Gasteiger partial charge in [-0.25, -0.2) is 0 Å². The summed E-state index contributed by atoms with van der Waals surface area (Å²) in [4.78, 5) is 0. The molecule has 0 saturated carbocycles. The molecule has 3 heteroatoms. The van der Waals surface area contributed by atoms with Gasteiger partial charge in [-0.15, -0.1) is 0 Å². The Morgan fingerprint density at radius 1 is 0.900 bits per heavy atom. The highest BCUT2D eigenvalue weighted by Crippen LogP contribution is 2.33. The van der Waals surface area contributed by atoms with Crippen LogP contribution in [0, 0.1) is 0 Å². The average molecular weight is 308 g/mol.